The molecule has 13 nitrogen and oxygen atoms in total. The number of nitrogens with zero attached hydrogens (tertiary/aromatic N) is 3. The molecule has 46 heavy (non-hydrogen) atoms. The molecule has 0 bridgehead atoms. The fourth-order valence-corrected chi connectivity index (χ4v) is 5.23. The second-order valence-corrected chi connectivity index (χ2v) is 11.1. The molecular formula is C33H48N8O5. The summed E-state index contributed by atoms with van der Waals surface area (Å²) in [5, 5.41) is 12.9. The molecule has 250 valence electrons. The molecule has 0 unspecified atom stereocenters. The first-order valence-electron chi connectivity index (χ1n) is 16.0. The van der Waals surface area contributed by atoms with E-state index < -0.39 is 0 Å². The number of rotatable bonds is 20. The van der Waals surface area contributed by atoms with Crippen LogP contribution in [0.1, 0.15) is 43.2 Å². The van der Waals surface area contributed by atoms with Crippen molar-refractivity contribution in [2.75, 3.05) is 76.2 Å². The average molecular weight is 637 g/mol. The van der Waals surface area contributed by atoms with Crippen LogP contribution in [0.25, 0.3) is 0 Å². The van der Waals surface area contributed by atoms with Crippen molar-refractivity contribution in [3.05, 3.63) is 53.6 Å². The summed E-state index contributed by atoms with van der Waals surface area (Å²) in [6.45, 7) is 4.08. The van der Waals surface area contributed by atoms with Gasteiger partial charge in [0, 0.05) is 37.4 Å². The van der Waals surface area contributed by atoms with Crippen LogP contribution in [-0.4, -0.2) is 81.1 Å². The Morgan fingerprint density at radius 3 is 2.28 bits per heavy atom. The van der Waals surface area contributed by atoms with Gasteiger partial charge < -0.3 is 45.9 Å². The van der Waals surface area contributed by atoms with Crippen LogP contribution in [-0.2, 0) is 27.2 Å². The lowest BCUT2D eigenvalue weighted by molar-refractivity contribution is -0.120. The monoisotopic (exact) mass is 636 g/mol. The normalized spacial score (nSPS) is 13.2. The molecule has 4 rings (SSSR count). The molecule has 3 aromatic rings. The van der Waals surface area contributed by atoms with Gasteiger partial charge >= 0.3 is 0 Å². The first-order valence-corrected chi connectivity index (χ1v) is 16.0. The topological polar surface area (TPSA) is 167 Å². The maximum atomic E-state index is 12.4. The number of hydrogen-bond donors (Lipinski definition) is 5. The van der Waals surface area contributed by atoms with Crippen LogP contribution in [0.15, 0.2) is 42.5 Å². The van der Waals surface area contributed by atoms with E-state index in [1.165, 1.54) is 32.1 Å². The Morgan fingerprint density at radius 1 is 0.848 bits per heavy atom. The number of anilines is 4. The molecule has 1 amide bonds. The third kappa shape index (κ3) is 11.6. The Labute approximate surface area is 271 Å². The Hall–Kier alpha value is -4.20. The van der Waals surface area contributed by atoms with Crippen molar-refractivity contribution in [1.82, 2.24) is 20.3 Å². The highest BCUT2D eigenvalue weighted by atomic mass is 16.5. The van der Waals surface area contributed by atoms with E-state index in [9.17, 15) is 4.79 Å². The van der Waals surface area contributed by atoms with Crippen LogP contribution in [0, 0.1) is 5.92 Å². The Balaban J connectivity index is 1.35. The fourth-order valence-electron chi connectivity index (χ4n) is 5.23. The van der Waals surface area contributed by atoms with Crippen molar-refractivity contribution in [1.29, 1.82) is 0 Å². The van der Waals surface area contributed by atoms with E-state index in [1.54, 1.807) is 14.2 Å². The van der Waals surface area contributed by atoms with Gasteiger partial charge in [-0.2, -0.15) is 15.0 Å². The van der Waals surface area contributed by atoms with E-state index in [2.05, 4.69) is 36.2 Å². The van der Waals surface area contributed by atoms with Crippen LogP contribution in [0.2, 0.25) is 0 Å². The van der Waals surface area contributed by atoms with Crippen LogP contribution >= 0.6 is 0 Å². The number of benzene rings is 2. The van der Waals surface area contributed by atoms with Gasteiger partial charge in [0.05, 0.1) is 47.1 Å². The van der Waals surface area contributed by atoms with Crippen molar-refractivity contribution in [3.8, 4) is 11.5 Å². The first kappa shape index (κ1) is 34.7. The lowest BCUT2D eigenvalue weighted by Gasteiger charge is -2.22. The maximum Gasteiger partial charge on any atom is 0.233 e. The minimum Gasteiger partial charge on any atom is -0.493 e. The van der Waals surface area contributed by atoms with E-state index in [4.69, 9.17) is 24.7 Å². The molecule has 1 heterocycles. The minimum absolute atomic E-state index is 0.0711. The molecule has 0 spiro atoms. The average Bonchev–Trinajstić information content (AvgIpc) is 3.08. The second-order valence-electron chi connectivity index (χ2n) is 11.1. The van der Waals surface area contributed by atoms with Crippen molar-refractivity contribution >= 4 is 29.4 Å². The highest BCUT2D eigenvalue weighted by Crippen LogP contribution is 2.31. The van der Waals surface area contributed by atoms with Crippen LogP contribution in [0.3, 0.4) is 0 Å². The van der Waals surface area contributed by atoms with E-state index in [1.807, 2.05) is 42.5 Å². The van der Waals surface area contributed by atoms with Gasteiger partial charge in [-0.3, -0.25) is 4.79 Å². The van der Waals surface area contributed by atoms with E-state index >= 15 is 0 Å². The zero-order valence-electron chi connectivity index (χ0n) is 27.0. The first-order chi connectivity index (χ1) is 22.6. The predicted molar refractivity (Wildman–Crippen MR) is 179 cm³/mol. The summed E-state index contributed by atoms with van der Waals surface area (Å²) in [6.07, 6.45) is 6.54. The molecule has 13 heteroatoms. The Morgan fingerprint density at radius 2 is 1.57 bits per heavy atom. The van der Waals surface area contributed by atoms with Gasteiger partial charge in [0.25, 0.3) is 0 Å². The number of carbonyl (C=O) groups excluding carboxylic acids is 1. The number of amides is 1. The Kier molecular flexibility index (Phi) is 14.6. The highest BCUT2D eigenvalue weighted by Gasteiger charge is 2.16. The van der Waals surface area contributed by atoms with E-state index in [0.717, 1.165) is 23.4 Å². The number of carbonyl (C=O) groups is 1. The van der Waals surface area contributed by atoms with Crippen molar-refractivity contribution in [3.63, 3.8) is 0 Å². The van der Waals surface area contributed by atoms with Gasteiger partial charge in [0.15, 0.2) is 11.5 Å². The van der Waals surface area contributed by atoms with E-state index in [0.29, 0.717) is 81.3 Å². The SMILES string of the molecule is COc1cccc(CNc2nc(NCC3CCCCC3)nc(Nc3ccc(CC(=O)NCCOCCOCCN)cc3)n2)c1OC. The van der Waals surface area contributed by atoms with E-state index in [-0.39, 0.29) is 12.3 Å². The van der Waals surface area contributed by atoms with Crippen LogP contribution in [0.5, 0.6) is 11.5 Å². The minimum atomic E-state index is -0.0711. The number of nitrogens with two attached hydrogens (primary N) is 1. The molecule has 1 aromatic heterocycles. The van der Waals surface area contributed by atoms with Gasteiger partial charge in [-0.25, -0.2) is 0 Å². The zero-order chi connectivity index (χ0) is 32.4. The standard InChI is InChI=1S/C33H48N8O5/c1-43-28-10-6-9-26(30(28)44-2)23-37-32-39-31(36-22-25-7-4-3-5-8-25)40-33(41-32)38-27-13-11-24(12-14-27)21-29(42)35-16-18-46-20-19-45-17-15-34/h6,9-14,25H,3-5,7-8,15-23,34H2,1-2H3,(H,35,42)(H3,36,37,38,39,40,41). The maximum absolute atomic E-state index is 12.4. The lowest BCUT2D eigenvalue weighted by Crippen LogP contribution is -2.29. The predicted octanol–water partition coefficient (Wildman–Crippen LogP) is 3.89. The summed E-state index contributed by atoms with van der Waals surface area (Å²) in [4.78, 5) is 26.3. The molecule has 0 aliphatic heterocycles. The summed E-state index contributed by atoms with van der Waals surface area (Å²) in [7, 11) is 3.24. The van der Waals surface area contributed by atoms with Crippen LogP contribution in [0.4, 0.5) is 23.5 Å². The molecule has 1 aliphatic carbocycles. The smallest absolute Gasteiger partial charge is 0.233 e. The summed E-state index contributed by atoms with van der Waals surface area (Å²) >= 11 is 0. The largest absolute Gasteiger partial charge is 0.493 e. The third-order valence-electron chi connectivity index (χ3n) is 7.61. The van der Waals surface area contributed by atoms with Crippen molar-refractivity contribution < 1.29 is 23.7 Å². The van der Waals surface area contributed by atoms with Crippen molar-refractivity contribution in [2.24, 2.45) is 11.7 Å². The van der Waals surface area contributed by atoms with Gasteiger partial charge in [0.2, 0.25) is 23.8 Å². The van der Waals surface area contributed by atoms with Gasteiger partial charge in [-0.15, -0.1) is 0 Å². The quantitative estimate of drug-likeness (QED) is 0.114. The summed E-state index contributed by atoms with van der Waals surface area (Å²) < 4.78 is 21.7. The molecule has 0 atom stereocenters. The number of nitrogens with one attached hydrogen (secondary N) is 4. The number of para-hydroxylation sites is 1. The molecule has 1 fully saturated rings. The number of methoxy groups -OCH3 is 2. The molecule has 1 saturated carbocycles. The van der Waals surface area contributed by atoms with Crippen molar-refractivity contribution in [2.45, 2.75) is 45.1 Å². The molecule has 2 aromatic carbocycles. The van der Waals surface area contributed by atoms with Gasteiger partial charge in [-0.05, 0) is 42.5 Å². The second kappa shape index (κ2) is 19.3. The van der Waals surface area contributed by atoms with Gasteiger partial charge in [-0.1, -0.05) is 43.5 Å². The number of hydrogen-bond acceptors (Lipinski definition) is 12. The molecular weight excluding hydrogens is 588 g/mol. The number of ether oxygens (including phenoxy) is 4. The molecule has 1 aliphatic rings. The molecule has 0 saturated heterocycles. The molecule has 6 N–H and O–H groups in total. The number of aromatic nitrogens is 3. The van der Waals surface area contributed by atoms with Crippen LogP contribution < -0.4 is 36.5 Å². The Bertz CT molecular complexity index is 1340. The summed E-state index contributed by atoms with van der Waals surface area (Å²) in [5.74, 6) is 3.19. The fraction of sp³-hybridized carbons (Fsp3) is 0.515. The lowest BCUT2D eigenvalue weighted by atomic mass is 9.89. The third-order valence-corrected chi connectivity index (χ3v) is 7.61. The summed E-state index contributed by atoms with van der Waals surface area (Å²) in [5.41, 5.74) is 7.97. The highest BCUT2D eigenvalue weighted by molar-refractivity contribution is 5.78. The molecule has 0 radical (unpaired) electrons. The summed E-state index contributed by atoms with van der Waals surface area (Å²) in [6, 6.07) is 13.4. The van der Waals surface area contributed by atoms with Gasteiger partial charge in [0.1, 0.15) is 0 Å². The zero-order valence-corrected chi connectivity index (χ0v) is 27.0.